The Bertz CT molecular complexity index is 1300. The number of hydrogen-bond donors (Lipinski definition) is 1. The van der Waals surface area contributed by atoms with E-state index in [2.05, 4.69) is 14.7 Å². The van der Waals surface area contributed by atoms with Crippen molar-refractivity contribution >= 4 is 40.5 Å². The number of carbonyl (C=O) groups excluding carboxylic acids is 3. The molecule has 0 bridgehead atoms. The van der Waals surface area contributed by atoms with Crippen LogP contribution in [0.3, 0.4) is 0 Å². The third-order valence-corrected chi connectivity index (χ3v) is 5.61. The maximum Gasteiger partial charge on any atom is 0.335 e. The molecule has 0 radical (unpaired) electrons. The molecule has 2 heterocycles. The SMILES string of the molecule is CC(=O)OC(=O)Cc1nc(C)c(C)nc1C.O=Cc1csc([N+](=O)[O-])c1-c1ccc(C(=O)O)cc1. The van der Waals surface area contributed by atoms with E-state index in [-0.39, 0.29) is 28.1 Å². The van der Waals surface area contributed by atoms with Crippen molar-refractivity contribution < 1.29 is 33.9 Å². The van der Waals surface area contributed by atoms with Gasteiger partial charge in [-0.25, -0.2) is 4.79 Å². The molecule has 0 spiro atoms. The summed E-state index contributed by atoms with van der Waals surface area (Å²) >= 11 is 0.868. The molecule has 3 rings (SSSR count). The molecule has 0 atom stereocenters. The van der Waals surface area contributed by atoms with E-state index in [1.54, 1.807) is 6.92 Å². The highest BCUT2D eigenvalue weighted by Gasteiger charge is 2.22. The quantitative estimate of drug-likeness (QED) is 0.173. The van der Waals surface area contributed by atoms with Crippen molar-refractivity contribution in [2.75, 3.05) is 0 Å². The Labute approximate surface area is 203 Å². The molecule has 0 fully saturated rings. The van der Waals surface area contributed by atoms with Crippen molar-refractivity contribution in [1.82, 2.24) is 9.97 Å². The third-order valence-electron chi connectivity index (χ3n) is 4.66. The molecule has 182 valence electrons. The predicted octanol–water partition coefficient (Wildman–Crippen LogP) is 3.87. The van der Waals surface area contributed by atoms with Crippen LogP contribution in [0, 0.1) is 30.9 Å². The summed E-state index contributed by atoms with van der Waals surface area (Å²) in [6.45, 7) is 6.64. The van der Waals surface area contributed by atoms with Crippen LogP contribution in [-0.4, -0.2) is 44.2 Å². The number of carboxylic acids is 1. The maximum absolute atomic E-state index is 11.3. The first-order valence-electron chi connectivity index (χ1n) is 10.0. The highest BCUT2D eigenvalue weighted by atomic mass is 32.1. The second-order valence-corrected chi connectivity index (χ2v) is 8.06. The van der Waals surface area contributed by atoms with Crippen LogP contribution < -0.4 is 0 Å². The molecular formula is C23H21N3O8S. The van der Waals surface area contributed by atoms with Crippen LogP contribution in [0.5, 0.6) is 0 Å². The topological polar surface area (TPSA) is 167 Å². The Hall–Kier alpha value is -4.32. The summed E-state index contributed by atoms with van der Waals surface area (Å²) in [5.41, 5.74) is 3.81. The van der Waals surface area contributed by atoms with Crippen molar-refractivity contribution in [3.63, 3.8) is 0 Å². The minimum atomic E-state index is -1.08. The lowest BCUT2D eigenvalue weighted by Crippen LogP contribution is -2.14. The molecule has 0 aliphatic heterocycles. The number of thiophene rings is 1. The largest absolute Gasteiger partial charge is 0.478 e. The first-order chi connectivity index (χ1) is 16.4. The van der Waals surface area contributed by atoms with Crippen LogP contribution in [0.15, 0.2) is 29.6 Å². The number of aromatic nitrogens is 2. The Kier molecular flexibility index (Phi) is 9.00. The van der Waals surface area contributed by atoms with Gasteiger partial charge in [0.2, 0.25) is 0 Å². The molecule has 0 saturated heterocycles. The number of aromatic carboxylic acids is 1. The Morgan fingerprint density at radius 3 is 2.20 bits per heavy atom. The molecule has 0 aliphatic rings. The van der Waals surface area contributed by atoms with E-state index in [0.29, 0.717) is 23.2 Å². The second kappa shape index (κ2) is 11.7. The molecule has 1 aromatic carbocycles. The van der Waals surface area contributed by atoms with Gasteiger partial charge >= 0.3 is 22.9 Å². The second-order valence-electron chi connectivity index (χ2n) is 7.20. The molecule has 0 unspecified atom stereocenters. The van der Waals surface area contributed by atoms with Crippen LogP contribution in [0.1, 0.15) is 50.4 Å². The fraction of sp³-hybridized carbons (Fsp3) is 0.217. The molecule has 0 aliphatic carbocycles. The van der Waals surface area contributed by atoms with Crippen LogP contribution in [0.4, 0.5) is 5.00 Å². The molecular weight excluding hydrogens is 478 g/mol. The summed E-state index contributed by atoms with van der Waals surface area (Å²) in [5, 5.41) is 21.0. The van der Waals surface area contributed by atoms with Crippen LogP contribution in [0.25, 0.3) is 11.1 Å². The summed E-state index contributed by atoms with van der Waals surface area (Å²) in [4.78, 5) is 62.3. The van der Waals surface area contributed by atoms with Gasteiger partial charge in [-0.15, -0.1) is 0 Å². The number of hydrogen-bond acceptors (Lipinski definition) is 10. The molecule has 0 amide bonds. The number of nitrogens with zero attached hydrogens (tertiary/aromatic N) is 3. The lowest BCUT2D eigenvalue weighted by Gasteiger charge is -2.06. The molecule has 1 N–H and O–H groups in total. The van der Waals surface area contributed by atoms with E-state index >= 15 is 0 Å². The van der Waals surface area contributed by atoms with Crippen molar-refractivity contribution in [1.29, 1.82) is 0 Å². The van der Waals surface area contributed by atoms with Crippen molar-refractivity contribution in [2.45, 2.75) is 34.1 Å². The van der Waals surface area contributed by atoms with Gasteiger partial charge in [0.15, 0.2) is 6.29 Å². The monoisotopic (exact) mass is 499 g/mol. The summed E-state index contributed by atoms with van der Waals surface area (Å²) < 4.78 is 4.43. The Balaban J connectivity index is 0.000000251. The third kappa shape index (κ3) is 7.08. The lowest BCUT2D eigenvalue weighted by atomic mass is 10.0. The van der Waals surface area contributed by atoms with Gasteiger partial charge in [-0.05, 0) is 38.5 Å². The predicted molar refractivity (Wildman–Crippen MR) is 125 cm³/mol. The zero-order chi connectivity index (χ0) is 26.3. The van der Waals surface area contributed by atoms with Gasteiger partial charge in [-0.2, -0.15) is 0 Å². The smallest absolute Gasteiger partial charge is 0.335 e. The first-order valence-corrected chi connectivity index (χ1v) is 10.9. The summed E-state index contributed by atoms with van der Waals surface area (Å²) in [7, 11) is 0. The number of carboxylic acid groups (broad SMARTS) is 1. The van der Waals surface area contributed by atoms with Crippen LogP contribution in [-0.2, 0) is 20.7 Å². The minimum absolute atomic E-state index is 0.0282. The van der Waals surface area contributed by atoms with Crippen molar-refractivity contribution in [2.24, 2.45) is 0 Å². The number of rotatable bonds is 6. The highest BCUT2D eigenvalue weighted by molar-refractivity contribution is 7.14. The number of ether oxygens (including phenoxy) is 1. The molecule has 0 saturated carbocycles. The summed E-state index contributed by atoms with van der Waals surface area (Å²) in [5.74, 6) is -2.30. The van der Waals surface area contributed by atoms with Gasteiger partial charge in [0.1, 0.15) is 0 Å². The number of carbonyl (C=O) groups is 4. The van der Waals surface area contributed by atoms with E-state index in [9.17, 15) is 29.3 Å². The number of esters is 2. The minimum Gasteiger partial charge on any atom is -0.478 e. The zero-order valence-electron chi connectivity index (χ0n) is 19.2. The van der Waals surface area contributed by atoms with Gasteiger partial charge in [-0.1, -0.05) is 23.5 Å². The Morgan fingerprint density at radius 1 is 1.09 bits per heavy atom. The standard InChI is InChI=1S/C12H7NO5S.C11H14N2O3/c14-5-9-6-19-11(13(17)18)10(9)7-1-3-8(4-2-7)12(15)16;1-6-7(2)13-10(8(3)12-6)5-11(15)16-9(4)14/h1-6H,(H,15,16);5H2,1-4H3. The molecule has 2 aromatic heterocycles. The van der Waals surface area contributed by atoms with Gasteiger partial charge < -0.3 is 9.84 Å². The number of nitro groups is 1. The summed E-state index contributed by atoms with van der Waals surface area (Å²) in [6.07, 6.45) is 0.517. The number of aryl methyl sites for hydroxylation is 3. The Morgan fingerprint density at radius 2 is 1.69 bits per heavy atom. The fourth-order valence-electron chi connectivity index (χ4n) is 2.91. The first kappa shape index (κ1) is 26.9. The molecule has 35 heavy (non-hydrogen) atoms. The summed E-state index contributed by atoms with van der Waals surface area (Å²) in [6, 6.07) is 5.58. The normalized spacial score (nSPS) is 10.1. The maximum atomic E-state index is 11.3. The average molecular weight is 500 g/mol. The van der Waals surface area contributed by atoms with Crippen LogP contribution in [0.2, 0.25) is 0 Å². The van der Waals surface area contributed by atoms with E-state index in [0.717, 1.165) is 22.7 Å². The average Bonchev–Trinajstić information content (AvgIpc) is 3.22. The number of aldehydes is 1. The van der Waals surface area contributed by atoms with Gasteiger partial charge in [0.25, 0.3) is 0 Å². The molecule has 3 aromatic rings. The van der Waals surface area contributed by atoms with Gasteiger partial charge in [0, 0.05) is 17.9 Å². The number of benzene rings is 1. The van der Waals surface area contributed by atoms with Gasteiger partial charge in [0.05, 0.1) is 45.2 Å². The lowest BCUT2D eigenvalue weighted by molar-refractivity contribution is -0.379. The highest BCUT2D eigenvalue weighted by Crippen LogP contribution is 2.38. The van der Waals surface area contributed by atoms with Crippen LogP contribution >= 0.6 is 11.3 Å². The van der Waals surface area contributed by atoms with E-state index < -0.39 is 22.8 Å². The zero-order valence-corrected chi connectivity index (χ0v) is 20.0. The van der Waals surface area contributed by atoms with E-state index in [1.807, 2.05) is 13.8 Å². The van der Waals surface area contributed by atoms with Crippen molar-refractivity contribution in [3.8, 4) is 11.1 Å². The van der Waals surface area contributed by atoms with Crippen molar-refractivity contribution in [3.05, 3.63) is 73.7 Å². The molecule has 11 nitrogen and oxygen atoms in total. The fourth-order valence-corrected chi connectivity index (χ4v) is 3.76. The van der Waals surface area contributed by atoms with E-state index in [1.165, 1.54) is 36.6 Å². The van der Waals surface area contributed by atoms with E-state index in [4.69, 9.17) is 5.11 Å². The van der Waals surface area contributed by atoms with Gasteiger partial charge in [-0.3, -0.25) is 34.5 Å². The molecule has 12 heteroatoms.